The SMILES string of the molecule is CCOC(=O)N[C@@H](Cc1ccccc1)C(=O)N/N=C\c1ccc(Cl)cc1Cl. The van der Waals surface area contributed by atoms with Crippen LogP contribution in [0.5, 0.6) is 0 Å². The predicted molar refractivity (Wildman–Crippen MR) is 106 cm³/mol. The summed E-state index contributed by atoms with van der Waals surface area (Å²) in [7, 11) is 0. The number of carbonyl (C=O) groups is 2. The van der Waals surface area contributed by atoms with Gasteiger partial charge in [0.05, 0.1) is 17.8 Å². The molecule has 6 nitrogen and oxygen atoms in total. The number of amides is 2. The molecule has 2 N–H and O–H groups in total. The Morgan fingerprint density at radius 3 is 2.59 bits per heavy atom. The standard InChI is InChI=1S/C19H19Cl2N3O3/c1-2-27-19(26)23-17(10-13-6-4-3-5-7-13)18(25)24-22-12-14-8-9-15(20)11-16(14)21/h3-9,11-12,17H,2,10H2,1H3,(H,23,26)(H,24,25)/b22-12-/t17-/m0/s1. The molecule has 0 unspecified atom stereocenters. The van der Waals surface area contributed by atoms with Gasteiger partial charge in [0.1, 0.15) is 6.04 Å². The molecule has 0 aliphatic heterocycles. The van der Waals surface area contributed by atoms with Gasteiger partial charge in [-0.3, -0.25) is 4.79 Å². The van der Waals surface area contributed by atoms with Crippen molar-refractivity contribution >= 4 is 41.4 Å². The molecule has 0 aromatic heterocycles. The van der Waals surface area contributed by atoms with Gasteiger partial charge in [0, 0.05) is 17.0 Å². The molecule has 0 heterocycles. The first kappa shape index (κ1) is 20.7. The summed E-state index contributed by atoms with van der Waals surface area (Å²) >= 11 is 11.9. The molecule has 2 aromatic carbocycles. The fourth-order valence-corrected chi connectivity index (χ4v) is 2.68. The van der Waals surface area contributed by atoms with Crippen molar-refractivity contribution < 1.29 is 14.3 Å². The number of nitrogens with zero attached hydrogens (tertiary/aromatic N) is 1. The zero-order chi connectivity index (χ0) is 19.6. The minimum absolute atomic E-state index is 0.207. The minimum Gasteiger partial charge on any atom is -0.450 e. The van der Waals surface area contributed by atoms with Gasteiger partial charge in [-0.05, 0) is 24.6 Å². The summed E-state index contributed by atoms with van der Waals surface area (Å²) in [6.07, 6.45) is 1.03. The number of hydrazone groups is 1. The van der Waals surface area contributed by atoms with Crippen molar-refractivity contribution in [3.05, 3.63) is 69.7 Å². The van der Waals surface area contributed by atoms with Crippen LogP contribution in [-0.2, 0) is 16.0 Å². The molecule has 8 heteroatoms. The number of rotatable bonds is 7. The Bertz CT molecular complexity index is 813. The lowest BCUT2D eigenvalue weighted by Gasteiger charge is -2.16. The Labute approximate surface area is 167 Å². The second-order valence-electron chi connectivity index (χ2n) is 5.51. The van der Waals surface area contributed by atoms with Crippen molar-refractivity contribution in [1.82, 2.24) is 10.7 Å². The van der Waals surface area contributed by atoms with Crippen LogP contribution < -0.4 is 10.7 Å². The first-order chi connectivity index (χ1) is 13.0. The molecule has 2 amide bonds. The molecule has 0 aliphatic carbocycles. The quantitative estimate of drug-likeness (QED) is 0.540. The van der Waals surface area contributed by atoms with Gasteiger partial charge in [-0.25, -0.2) is 10.2 Å². The van der Waals surface area contributed by atoms with Gasteiger partial charge in [0.25, 0.3) is 5.91 Å². The predicted octanol–water partition coefficient (Wildman–Crippen LogP) is 3.80. The maximum atomic E-state index is 12.5. The molecule has 0 aliphatic rings. The van der Waals surface area contributed by atoms with E-state index in [9.17, 15) is 9.59 Å². The molecular weight excluding hydrogens is 389 g/mol. The van der Waals surface area contributed by atoms with Gasteiger partial charge in [-0.2, -0.15) is 5.10 Å². The van der Waals surface area contributed by atoms with Crippen molar-refractivity contribution in [3.8, 4) is 0 Å². The highest BCUT2D eigenvalue weighted by molar-refractivity contribution is 6.36. The van der Waals surface area contributed by atoms with Crippen LogP contribution in [0, 0.1) is 0 Å². The number of ether oxygens (including phenoxy) is 1. The van der Waals surface area contributed by atoms with Crippen LogP contribution in [0.25, 0.3) is 0 Å². The van der Waals surface area contributed by atoms with Crippen LogP contribution in [0.15, 0.2) is 53.6 Å². The third-order valence-corrected chi connectivity index (χ3v) is 4.07. The molecule has 0 saturated carbocycles. The average molecular weight is 408 g/mol. The number of alkyl carbamates (subject to hydrolysis) is 1. The normalized spacial score (nSPS) is 11.8. The van der Waals surface area contributed by atoms with Crippen molar-refractivity contribution in [3.63, 3.8) is 0 Å². The Hall–Kier alpha value is -2.57. The molecule has 0 bridgehead atoms. The molecule has 0 fully saturated rings. The highest BCUT2D eigenvalue weighted by Crippen LogP contribution is 2.19. The van der Waals surface area contributed by atoms with Crippen LogP contribution >= 0.6 is 23.2 Å². The molecule has 0 saturated heterocycles. The Morgan fingerprint density at radius 2 is 1.93 bits per heavy atom. The first-order valence-electron chi connectivity index (χ1n) is 8.24. The number of hydrogen-bond donors (Lipinski definition) is 2. The minimum atomic E-state index is -0.843. The second-order valence-corrected chi connectivity index (χ2v) is 6.35. The highest BCUT2D eigenvalue weighted by atomic mass is 35.5. The van der Waals surface area contributed by atoms with Crippen molar-refractivity contribution in [2.75, 3.05) is 6.61 Å². The third-order valence-electron chi connectivity index (χ3n) is 3.51. The fourth-order valence-electron chi connectivity index (χ4n) is 2.22. The lowest BCUT2D eigenvalue weighted by Crippen LogP contribution is -2.47. The van der Waals surface area contributed by atoms with E-state index in [1.54, 1.807) is 25.1 Å². The van der Waals surface area contributed by atoms with E-state index in [2.05, 4.69) is 15.8 Å². The molecule has 27 heavy (non-hydrogen) atoms. The van der Waals surface area contributed by atoms with E-state index >= 15 is 0 Å². The zero-order valence-corrected chi connectivity index (χ0v) is 16.1. The maximum Gasteiger partial charge on any atom is 0.407 e. The number of nitrogens with one attached hydrogen (secondary N) is 2. The lowest BCUT2D eigenvalue weighted by atomic mass is 10.1. The third kappa shape index (κ3) is 6.92. The Morgan fingerprint density at radius 1 is 1.19 bits per heavy atom. The summed E-state index contributed by atoms with van der Waals surface area (Å²) in [6.45, 7) is 1.89. The molecule has 142 valence electrons. The van der Waals surface area contributed by atoms with Crippen LogP contribution in [0.4, 0.5) is 4.79 Å². The molecule has 2 rings (SSSR count). The van der Waals surface area contributed by atoms with Gasteiger partial charge in [-0.1, -0.05) is 59.6 Å². The lowest BCUT2D eigenvalue weighted by molar-refractivity contribution is -0.123. The monoisotopic (exact) mass is 407 g/mol. The van der Waals surface area contributed by atoms with Gasteiger partial charge in [-0.15, -0.1) is 0 Å². The Balaban J connectivity index is 2.05. The van der Waals surface area contributed by atoms with Gasteiger partial charge in [0.2, 0.25) is 0 Å². The van der Waals surface area contributed by atoms with Crippen molar-refractivity contribution in [2.24, 2.45) is 5.10 Å². The van der Waals surface area contributed by atoms with E-state index in [0.717, 1.165) is 5.56 Å². The van der Waals surface area contributed by atoms with E-state index in [-0.39, 0.29) is 6.61 Å². The summed E-state index contributed by atoms with van der Waals surface area (Å²) < 4.78 is 4.86. The van der Waals surface area contributed by atoms with Crippen LogP contribution in [0.2, 0.25) is 10.0 Å². The van der Waals surface area contributed by atoms with Crippen molar-refractivity contribution in [2.45, 2.75) is 19.4 Å². The number of carbonyl (C=O) groups excluding carboxylic acids is 2. The average Bonchev–Trinajstić information content (AvgIpc) is 2.64. The fraction of sp³-hybridized carbons (Fsp3) is 0.211. The smallest absolute Gasteiger partial charge is 0.407 e. The van der Waals surface area contributed by atoms with Gasteiger partial charge < -0.3 is 10.1 Å². The highest BCUT2D eigenvalue weighted by Gasteiger charge is 2.21. The molecule has 0 spiro atoms. The van der Waals surface area contributed by atoms with E-state index in [1.807, 2.05) is 30.3 Å². The second kappa shape index (κ2) is 10.5. The van der Waals surface area contributed by atoms with E-state index in [1.165, 1.54) is 6.21 Å². The van der Waals surface area contributed by atoms with Crippen LogP contribution in [-0.4, -0.2) is 30.9 Å². The van der Waals surface area contributed by atoms with Gasteiger partial charge in [0.15, 0.2) is 0 Å². The zero-order valence-electron chi connectivity index (χ0n) is 14.6. The van der Waals surface area contributed by atoms with E-state index in [0.29, 0.717) is 22.0 Å². The number of benzene rings is 2. The molecular formula is C19H19Cl2N3O3. The number of halogens is 2. The van der Waals surface area contributed by atoms with Gasteiger partial charge >= 0.3 is 6.09 Å². The van der Waals surface area contributed by atoms with E-state index < -0.39 is 18.0 Å². The molecule has 1 atom stereocenters. The van der Waals surface area contributed by atoms with Crippen LogP contribution in [0.3, 0.4) is 0 Å². The van der Waals surface area contributed by atoms with E-state index in [4.69, 9.17) is 27.9 Å². The molecule has 2 aromatic rings. The molecule has 0 radical (unpaired) electrons. The maximum absolute atomic E-state index is 12.5. The summed E-state index contributed by atoms with van der Waals surface area (Å²) in [5.74, 6) is -0.478. The summed E-state index contributed by atoms with van der Waals surface area (Å²) in [6, 6.07) is 13.4. The Kier molecular flexibility index (Phi) is 8.10. The van der Waals surface area contributed by atoms with Crippen molar-refractivity contribution in [1.29, 1.82) is 0 Å². The van der Waals surface area contributed by atoms with Crippen LogP contribution in [0.1, 0.15) is 18.1 Å². The summed E-state index contributed by atoms with van der Waals surface area (Å²) in [4.78, 5) is 24.2. The summed E-state index contributed by atoms with van der Waals surface area (Å²) in [5.41, 5.74) is 3.89. The topological polar surface area (TPSA) is 79.8 Å². The summed E-state index contributed by atoms with van der Waals surface area (Å²) in [5, 5.41) is 7.36. The number of hydrogen-bond acceptors (Lipinski definition) is 4. The largest absolute Gasteiger partial charge is 0.450 e. The first-order valence-corrected chi connectivity index (χ1v) is 9.00.